The molecule has 4 aromatic rings. The number of nitrogens with zero attached hydrogens (tertiary/aromatic N) is 2. The van der Waals surface area contributed by atoms with E-state index in [1.165, 1.54) is 5.39 Å². The molecule has 0 aliphatic carbocycles. The minimum absolute atomic E-state index is 0.0518. The van der Waals surface area contributed by atoms with Crippen LogP contribution in [0.3, 0.4) is 0 Å². The molecule has 5 nitrogen and oxygen atoms in total. The van der Waals surface area contributed by atoms with E-state index in [9.17, 15) is 4.79 Å². The maximum Gasteiger partial charge on any atom is 0.225 e. The van der Waals surface area contributed by atoms with Gasteiger partial charge in [-0.05, 0) is 34.0 Å². The number of fused-ring (bicyclic) bond motifs is 1. The third-order valence-corrected chi connectivity index (χ3v) is 5.05. The number of aromatic nitrogens is 2. The Balaban J connectivity index is 1.57. The average Bonchev–Trinajstić information content (AvgIpc) is 3.17. The Morgan fingerprint density at radius 3 is 2.52 bits per heavy atom. The molecule has 29 heavy (non-hydrogen) atoms. The number of amides is 1. The SMILES string of the molecule is COc1ccc(C(NC(=O)Cc2ccc3ccccc3c2)c2nccn2C)cc1. The minimum Gasteiger partial charge on any atom is -0.497 e. The summed E-state index contributed by atoms with van der Waals surface area (Å²) in [4.78, 5) is 17.3. The van der Waals surface area contributed by atoms with Crippen molar-refractivity contribution < 1.29 is 9.53 Å². The predicted molar refractivity (Wildman–Crippen MR) is 114 cm³/mol. The number of carbonyl (C=O) groups is 1. The highest BCUT2D eigenvalue weighted by Crippen LogP contribution is 2.23. The van der Waals surface area contributed by atoms with Gasteiger partial charge in [0.25, 0.3) is 0 Å². The van der Waals surface area contributed by atoms with Crippen molar-refractivity contribution >= 4 is 16.7 Å². The number of nitrogens with one attached hydrogen (secondary N) is 1. The number of hydrogen-bond donors (Lipinski definition) is 1. The van der Waals surface area contributed by atoms with Crippen LogP contribution in [0.25, 0.3) is 10.8 Å². The molecule has 146 valence electrons. The van der Waals surface area contributed by atoms with Crippen LogP contribution in [0.2, 0.25) is 0 Å². The summed E-state index contributed by atoms with van der Waals surface area (Å²) in [6.07, 6.45) is 3.92. The minimum atomic E-state index is -0.339. The van der Waals surface area contributed by atoms with E-state index < -0.39 is 0 Å². The van der Waals surface area contributed by atoms with Crippen molar-refractivity contribution in [2.45, 2.75) is 12.5 Å². The maximum atomic E-state index is 12.9. The summed E-state index contributed by atoms with van der Waals surface area (Å²) in [6, 6.07) is 21.6. The van der Waals surface area contributed by atoms with Crippen LogP contribution < -0.4 is 10.1 Å². The van der Waals surface area contributed by atoms with Crippen LogP contribution >= 0.6 is 0 Å². The van der Waals surface area contributed by atoms with Crippen LogP contribution in [0.15, 0.2) is 79.1 Å². The van der Waals surface area contributed by atoms with E-state index in [0.29, 0.717) is 6.42 Å². The van der Waals surface area contributed by atoms with E-state index in [0.717, 1.165) is 28.1 Å². The molecule has 1 aromatic heterocycles. The summed E-state index contributed by atoms with van der Waals surface area (Å²) in [7, 11) is 3.56. The second-order valence-electron chi connectivity index (χ2n) is 7.03. The molecule has 1 unspecified atom stereocenters. The predicted octanol–water partition coefficient (Wildman–Crippen LogP) is 4.03. The molecule has 0 saturated carbocycles. The van der Waals surface area contributed by atoms with Crippen molar-refractivity contribution in [1.82, 2.24) is 14.9 Å². The first-order chi connectivity index (χ1) is 14.1. The molecule has 0 aliphatic heterocycles. The lowest BCUT2D eigenvalue weighted by atomic mass is 10.0. The zero-order chi connectivity index (χ0) is 20.2. The summed E-state index contributed by atoms with van der Waals surface area (Å²) in [5, 5.41) is 5.45. The monoisotopic (exact) mass is 385 g/mol. The van der Waals surface area contributed by atoms with Gasteiger partial charge in [-0.15, -0.1) is 0 Å². The first kappa shape index (κ1) is 18.7. The zero-order valence-electron chi connectivity index (χ0n) is 16.5. The number of ether oxygens (including phenoxy) is 1. The Morgan fingerprint density at radius 1 is 1.07 bits per heavy atom. The highest BCUT2D eigenvalue weighted by molar-refractivity contribution is 5.85. The second-order valence-corrected chi connectivity index (χ2v) is 7.03. The normalized spacial score (nSPS) is 11.9. The molecular weight excluding hydrogens is 362 g/mol. The smallest absolute Gasteiger partial charge is 0.225 e. The summed E-state index contributed by atoms with van der Waals surface area (Å²) in [5.74, 6) is 1.50. The van der Waals surface area contributed by atoms with Gasteiger partial charge in [0.15, 0.2) is 0 Å². The molecule has 1 amide bonds. The van der Waals surface area contributed by atoms with Gasteiger partial charge in [0.2, 0.25) is 5.91 Å². The number of rotatable bonds is 6. The topological polar surface area (TPSA) is 56.1 Å². The van der Waals surface area contributed by atoms with Crippen molar-refractivity contribution in [2.24, 2.45) is 7.05 Å². The number of aryl methyl sites for hydroxylation is 1. The Morgan fingerprint density at radius 2 is 1.83 bits per heavy atom. The summed E-state index contributed by atoms with van der Waals surface area (Å²) >= 11 is 0. The fourth-order valence-electron chi connectivity index (χ4n) is 3.49. The molecule has 0 spiro atoms. The van der Waals surface area contributed by atoms with Gasteiger partial charge in [-0.3, -0.25) is 4.79 Å². The van der Waals surface area contributed by atoms with Crippen LogP contribution in [-0.2, 0) is 18.3 Å². The Kier molecular flexibility index (Phi) is 5.29. The van der Waals surface area contributed by atoms with Crippen molar-refractivity contribution in [2.75, 3.05) is 7.11 Å². The van der Waals surface area contributed by atoms with Gasteiger partial charge in [0.1, 0.15) is 17.6 Å². The van der Waals surface area contributed by atoms with Crippen LogP contribution in [-0.4, -0.2) is 22.6 Å². The summed E-state index contributed by atoms with van der Waals surface area (Å²) in [6.45, 7) is 0. The van der Waals surface area contributed by atoms with Crippen molar-refractivity contribution in [3.05, 3.63) is 96.1 Å². The third kappa shape index (κ3) is 4.14. The highest BCUT2D eigenvalue weighted by Gasteiger charge is 2.21. The number of carbonyl (C=O) groups excluding carboxylic acids is 1. The fourth-order valence-corrected chi connectivity index (χ4v) is 3.49. The highest BCUT2D eigenvalue weighted by atomic mass is 16.5. The van der Waals surface area contributed by atoms with Gasteiger partial charge in [0, 0.05) is 19.4 Å². The number of hydrogen-bond acceptors (Lipinski definition) is 3. The van der Waals surface area contributed by atoms with Crippen LogP contribution in [0.4, 0.5) is 0 Å². The van der Waals surface area contributed by atoms with Gasteiger partial charge in [-0.2, -0.15) is 0 Å². The Hall–Kier alpha value is -3.60. The van der Waals surface area contributed by atoms with E-state index in [1.807, 2.05) is 60.3 Å². The van der Waals surface area contributed by atoms with Crippen LogP contribution in [0.1, 0.15) is 23.0 Å². The van der Waals surface area contributed by atoms with E-state index in [2.05, 4.69) is 34.6 Å². The molecule has 5 heteroatoms. The first-order valence-electron chi connectivity index (χ1n) is 9.52. The lowest BCUT2D eigenvalue weighted by molar-refractivity contribution is -0.121. The molecular formula is C24H23N3O2. The van der Waals surface area contributed by atoms with Gasteiger partial charge in [0.05, 0.1) is 13.5 Å². The van der Waals surface area contributed by atoms with Crippen molar-refractivity contribution in [3.8, 4) is 5.75 Å². The number of benzene rings is 3. The average molecular weight is 385 g/mol. The molecule has 1 N–H and O–H groups in total. The number of imidazole rings is 1. The number of methoxy groups -OCH3 is 1. The molecule has 1 atom stereocenters. The quantitative estimate of drug-likeness (QED) is 0.545. The maximum absolute atomic E-state index is 12.9. The summed E-state index contributed by atoms with van der Waals surface area (Å²) in [5.41, 5.74) is 1.93. The molecule has 1 heterocycles. The Labute approximate surface area is 170 Å². The lowest BCUT2D eigenvalue weighted by Gasteiger charge is -2.19. The second kappa shape index (κ2) is 8.19. The molecule has 4 rings (SSSR count). The van der Waals surface area contributed by atoms with Crippen molar-refractivity contribution in [3.63, 3.8) is 0 Å². The Bertz CT molecular complexity index is 1130. The van der Waals surface area contributed by atoms with E-state index in [1.54, 1.807) is 13.3 Å². The van der Waals surface area contributed by atoms with Crippen LogP contribution in [0.5, 0.6) is 5.75 Å². The van der Waals surface area contributed by atoms with Crippen LogP contribution in [0, 0.1) is 0 Å². The van der Waals surface area contributed by atoms with Gasteiger partial charge in [-0.25, -0.2) is 4.98 Å². The van der Waals surface area contributed by atoms with Crippen molar-refractivity contribution in [1.29, 1.82) is 0 Å². The van der Waals surface area contributed by atoms with Gasteiger partial charge >= 0.3 is 0 Å². The molecule has 0 saturated heterocycles. The molecule has 0 radical (unpaired) electrons. The first-order valence-corrected chi connectivity index (χ1v) is 9.52. The van der Waals surface area contributed by atoms with E-state index in [-0.39, 0.29) is 11.9 Å². The molecule has 3 aromatic carbocycles. The molecule has 0 aliphatic rings. The lowest BCUT2D eigenvalue weighted by Crippen LogP contribution is -2.32. The van der Waals surface area contributed by atoms with E-state index in [4.69, 9.17) is 4.74 Å². The van der Waals surface area contributed by atoms with Gasteiger partial charge in [-0.1, -0.05) is 54.6 Å². The van der Waals surface area contributed by atoms with E-state index >= 15 is 0 Å². The summed E-state index contributed by atoms with van der Waals surface area (Å²) < 4.78 is 7.17. The fraction of sp³-hybridized carbons (Fsp3) is 0.167. The standard InChI is InChI=1S/C24H23N3O2/c1-27-14-13-25-24(27)23(19-9-11-21(29-2)12-10-19)26-22(28)16-17-7-8-18-5-3-4-6-20(18)15-17/h3-15,23H,16H2,1-2H3,(H,26,28). The van der Waals surface area contributed by atoms with Gasteiger partial charge < -0.3 is 14.6 Å². The third-order valence-electron chi connectivity index (χ3n) is 5.05. The largest absolute Gasteiger partial charge is 0.497 e. The zero-order valence-corrected chi connectivity index (χ0v) is 16.5. The molecule has 0 fully saturated rings. The molecule has 0 bridgehead atoms.